The monoisotopic (exact) mass is 277 g/mol. The van der Waals surface area contributed by atoms with Gasteiger partial charge in [-0.25, -0.2) is 0 Å². The summed E-state index contributed by atoms with van der Waals surface area (Å²) in [5, 5.41) is 0. The van der Waals surface area contributed by atoms with E-state index in [0.717, 1.165) is 50.6 Å². The predicted molar refractivity (Wildman–Crippen MR) is 83.2 cm³/mol. The molecular weight excluding hydrogens is 250 g/mol. The van der Waals surface area contributed by atoms with Gasteiger partial charge in [0.25, 0.3) is 0 Å². The molecule has 0 aliphatic carbocycles. The molecule has 1 atom stereocenters. The van der Waals surface area contributed by atoms with Crippen molar-refractivity contribution in [2.75, 3.05) is 46.4 Å². The molecule has 2 rings (SSSR count). The molecule has 1 unspecified atom stereocenters. The largest absolute Gasteiger partial charge is 0.492 e. The number of hydrogen-bond donors (Lipinski definition) is 1. The van der Waals surface area contributed by atoms with Crippen LogP contribution in [-0.2, 0) is 0 Å². The van der Waals surface area contributed by atoms with Crippen LogP contribution in [0.25, 0.3) is 0 Å². The van der Waals surface area contributed by atoms with E-state index in [0.29, 0.717) is 0 Å². The third-order valence-electron chi connectivity index (χ3n) is 3.92. The van der Waals surface area contributed by atoms with Crippen molar-refractivity contribution in [3.8, 4) is 5.75 Å². The number of likely N-dealkylation sites (N-methyl/N-ethyl adjacent to an activating group) is 1. The average Bonchev–Trinajstić information content (AvgIpc) is 2.41. The van der Waals surface area contributed by atoms with Crippen molar-refractivity contribution in [3.63, 3.8) is 0 Å². The SMILES string of the molecule is Cc1ccc(C(C)N)c(OCCN2CCN(C)CC2)c1. The highest BCUT2D eigenvalue weighted by atomic mass is 16.5. The molecule has 0 radical (unpaired) electrons. The fourth-order valence-electron chi connectivity index (χ4n) is 2.50. The summed E-state index contributed by atoms with van der Waals surface area (Å²) in [5.74, 6) is 0.939. The first-order chi connectivity index (χ1) is 9.56. The van der Waals surface area contributed by atoms with Crippen LogP contribution in [-0.4, -0.2) is 56.2 Å². The van der Waals surface area contributed by atoms with Gasteiger partial charge in [-0.1, -0.05) is 12.1 Å². The second-order valence-corrected chi connectivity index (χ2v) is 5.82. The van der Waals surface area contributed by atoms with Crippen LogP contribution in [0.15, 0.2) is 18.2 Å². The third-order valence-corrected chi connectivity index (χ3v) is 3.92. The van der Waals surface area contributed by atoms with Gasteiger partial charge in [0.15, 0.2) is 0 Å². The lowest BCUT2D eigenvalue weighted by atomic mass is 10.1. The maximum Gasteiger partial charge on any atom is 0.124 e. The van der Waals surface area contributed by atoms with E-state index in [1.54, 1.807) is 0 Å². The molecule has 4 nitrogen and oxygen atoms in total. The lowest BCUT2D eigenvalue weighted by molar-refractivity contribution is 0.133. The Balaban J connectivity index is 1.86. The van der Waals surface area contributed by atoms with Crippen LogP contribution in [0.1, 0.15) is 24.1 Å². The van der Waals surface area contributed by atoms with Gasteiger partial charge in [-0.3, -0.25) is 4.90 Å². The number of piperazine rings is 1. The zero-order chi connectivity index (χ0) is 14.5. The van der Waals surface area contributed by atoms with Crippen molar-refractivity contribution < 1.29 is 4.74 Å². The summed E-state index contributed by atoms with van der Waals surface area (Å²) < 4.78 is 5.97. The van der Waals surface area contributed by atoms with Gasteiger partial charge in [0.1, 0.15) is 12.4 Å². The molecule has 1 heterocycles. The maximum atomic E-state index is 6.00. The van der Waals surface area contributed by atoms with Gasteiger partial charge in [-0.15, -0.1) is 0 Å². The molecule has 1 aromatic rings. The zero-order valence-corrected chi connectivity index (χ0v) is 12.9. The lowest BCUT2D eigenvalue weighted by Crippen LogP contribution is -2.45. The van der Waals surface area contributed by atoms with Gasteiger partial charge in [-0.2, -0.15) is 0 Å². The smallest absolute Gasteiger partial charge is 0.124 e. The minimum atomic E-state index is 0.00855. The Morgan fingerprint density at radius 2 is 1.95 bits per heavy atom. The van der Waals surface area contributed by atoms with Crippen LogP contribution in [0.3, 0.4) is 0 Å². The summed E-state index contributed by atoms with van der Waals surface area (Å²) in [6, 6.07) is 6.26. The van der Waals surface area contributed by atoms with Gasteiger partial charge in [-0.05, 0) is 32.5 Å². The van der Waals surface area contributed by atoms with Crippen molar-refractivity contribution in [3.05, 3.63) is 29.3 Å². The Morgan fingerprint density at radius 1 is 1.25 bits per heavy atom. The van der Waals surface area contributed by atoms with Gasteiger partial charge in [0.05, 0.1) is 0 Å². The molecule has 0 saturated carbocycles. The first-order valence-corrected chi connectivity index (χ1v) is 7.46. The molecule has 0 aromatic heterocycles. The Morgan fingerprint density at radius 3 is 2.60 bits per heavy atom. The lowest BCUT2D eigenvalue weighted by Gasteiger charge is -2.32. The van der Waals surface area contributed by atoms with Gasteiger partial charge < -0.3 is 15.4 Å². The van der Waals surface area contributed by atoms with E-state index in [1.165, 1.54) is 5.56 Å². The molecule has 2 N–H and O–H groups in total. The number of nitrogens with zero attached hydrogens (tertiary/aromatic N) is 2. The van der Waals surface area contributed by atoms with E-state index in [4.69, 9.17) is 10.5 Å². The second kappa shape index (κ2) is 7.07. The van der Waals surface area contributed by atoms with Crippen LogP contribution < -0.4 is 10.5 Å². The van der Waals surface area contributed by atoms with Gasteiger partial charge in [0.2, 0.25) is 0 Å². The molecule has 4 heteroatoms. The van der Waals surface area contributed by atoms with Crippen molar-refractivity contribution >= 4 is 0 Å². The highest BCUT2D eigenvalue weighted by Gasteiger charge is 2.14. The van der Waals surface area contributed by atoms with Crippen LogP contribution in [0.4, 0.5) is 0 Å². The van der Waals surface area contributed by atoms with Crippen LogP contribution in [0, 0.1) is 6.92 Å². The highest BCUT2D eigenvalue weighted by Crippen LogP contribution is 2.25. The molecule has 1 aliphatic rings. The standard InChI is InChI=1S/C16H27N3O/c1-13-4-5-15(14(2)17)16(12-13)20-11-10-19-8-6-18(3)7-9-19/h4-5,12,14H,6-11,17H2,1-3H3. The van der Waals surface area contributed by atoms with Crippen molar-refractivity contribution in [1.82, 2.24) is 9.80 Å². The summed E-state index contributed by atoms with van der Waals surface area (Å²) in [6.07, 6.45) is 0. The Bertz CT molecular complexity index is 426. The maximum absolute atomic E-state index is 6.00. The molecule has 0 spiro atoms. The molecule has 1 fully saturated rings. The number of benzene rings is 1. The fraction of sp³-hybridized carbons (Fsp3) is 0.625. The molecule has 112 valence electrons. The Kier molecular flexibility index (Phi) is 5.40. The summed E-state index contributed by atoms with van der Waals surface area (Å²) in [4.78, 5) is 4.83. The fourth-order valence-corrected chi connectivity index (χ4v) is 2.50. The molecule has 0 amide bonds. The summed E-state index contributed by atoms with van der Waals surface area (Å²) >= 11 is 0. The van der Waals surface area contributed by atoms with Gasteiger partial charge >= 0.3 is 0 Å². The number of rotatable bonds is 5. The van der Waals surface area contributed by atoms with Crippen molar-refractivity contribution in [2.24, 2.45) is 5.73 Å². The number of aryl methyl sites for hydroxylation is 1. The minimum Gasteiger partial charge on any atom is -0.492 e. The molecule has 0 bridgehead atoms. The topological polar surface area (TPSA) is 41.7 Å². The van der Waals surface area contributed by atoms with Crippen LogP contribution in [0.5, 0.6) is 5.75 Å². The predicted octanol–water partition coefficient (Wildman–Crippen LogP) is 1.64. The van der Waals surface area contributed by atoms with E-state index < -0.39 is 0 Å². The molecule has 20 heavy (non-hydrogen) atoms. The second-order valence-electron chi connectivity index (χ2n) is 5.82. The van der Waals surface area contributed by atoms with E-state index in [9.17, 15) is 0 Å². The molecule has 1 saturated heterocycles. The quantitative estimate of drug-likeness (QED) is 0.888. The van der Waals surface area contributed by atoms with E-state index in [2.05, 4.69) is 42.0 Å². The summed E-state index contributed by atoms with van der Waals surface area (Å²) in [6.45, 7) is 10.4. The first-order valence-electron chi connectivity index (χ1n) is 7.46. The van der Waals surface area contributed by atoms with E-state index in [1.807, 2.05) is 6.92 Å². The Hall–Kier alpha value is -1.10. The zero-order valence-electron chi connectivity index (χ0n) is 12.9. The first kappa shape index (κ1) is 15.3. The Labute approximate surface area is 122 Å². The van der Waals surface area contributed by atoms with Crippen LogP contribution >= 0.6 is 0 Å². The van der Waals surface area contributed by atoms with E-state index >= 15 is 0 Å². The summed E-state index contributed by atoms with van der Waals surface area (Å²) in [7, 11) is 2.18. The van der Waals surface area contributed by atoms with Crippen LogP contribution in [0.2, 0.25) is 0 Å². The van der Waals surface area contributed by atoms with Crippen molar-refractivity contribution in [2.45, 2.75) is 19.9 Å². The highest BCUT2D eigenvalue weighted by molar-refractivity contribution is 5.38. The number of hydrogen-bond acceptors (Lipinski definition) is 4. The molecular formula is C16H27N3O. The third kappa shape index (κ3) is 4.20. The van der Waals surface area contributed by atoms with Gasteiger partial charge in [0, 0.05) is 44.3 Å². The normalized spacial score (nSPS) is 19.0. The number of ether oxygens (including phenoxy) is 1. The molecule has 1 aromatic carbocycles. The average molecular weight is 277 g/mol. The van der Waals surface area contributed by atoms with E-state index in [-0.39, 0.29) is 6.04 Å². The minimum absolute atomic E-state index is 0.00855. The number of nitrogens with two attached hydrogens (primary N) is 1. The molecule has 1 aliphatic heterocycles. The summed E-state index contributed by atoms with van der Waals surface area (Å²) in [5.41, 5.74) is 8.30. The van der Waals surface area contributed by atoms with Crippen molar-refractivity contribution in [1.29, 1.82) is 0 Å².